The van der Waals surface area contributed by atoms with Gasteiger partial charge in [0.1, 0.15) is 11.9 Å². The maximum Gasteiger partial charge on any atom is 0.324 e. The van der Waals surface area contributed by atoms with Crippen molar-refractivity contribution in [2.75, 3.05) is 31.6 Å². The second-order valence-electron chi connectivity index (χ2n) is 6.89. The van der Waals surface area contributed by atoms with Crippen molar-refractivity contribution in [2.45, 2.75) is 39.2 Å². The van der Waals surface area contributed by atoms with Crippen molar-refractivity contribution in [2.24, 2.45) is 5.92 Å². The highest BCUT2D eigenvalue weighted by Gasteiger charge is 2.34. The van der Waals surface area contributed by atoms with Crippen molar-refractivity contribution in [3.05, 3.63) is 23.8 Å². The zero-order valence-electron chi connectivity index (χ0n) is 15.2. The van der Waals surface area contributed by atoms with Gasteiger partial charge < -0.3 is 15.0 Å². The van der Waals surface area contributed by atoms with Gasteiger partial charge in [0.05, 0.1) is 12.2 Å². The van der Waals surface area contributed by atoms with Crippen LogP contribution in [0.2, 0.25) is 0 Å². The fraction of sp³-hybridized carbons (Fsp3) is 0.579. The average molecular weight is 345 g/mol. The molecule has 136 valence electrons. The molecule has 0 saturated carbocycles. The zero-order valence-corrected chi connectivity index (χ0v) is 15.2. The zero-order chi connectivity index (χ0) is 18.0. The van der Waals surface area contributed by atoms with Gasteiger partial charge in [0.2, 0.25) is 5.91 Å². The molecule has 3 amide bonds. The number of urea groups is 1. The summed E-state index contributed by atoms with van der Waals surface area (Å²) in [6.07, 6.45) is 2.31. The topological polar surface area (TPSA) is 61.9 Å². The number of fused-ring (bicyclic) bond motifs is 1. The van der Waals surface area contributed by atoms with E-state index in [0.717, 1.165) is 23.4 Å². The van der Waals surface area contributed by atoms with E-state index in [-0.39, 0.29) is 24.0 Å². The van der Waals surface area contributed by atoms with Gasteiger partial charge in [-0.3, -0.25) is 9.69 Å². The van der Waals surface area contributed by atoms with E-state index in [1.807, 2.05) is 34.9 Å². The highest BCUT2D eigenvalue weighted by Crippen LogP contribution is 2.36. The molecule has 0 aliphatic carbocycles. The van der Waals surface area contributed by atoms with E-state index in [9.17, 15) is 9.59 Å². The second kappa shape index (κ2) is 7.33. The number of ether oxygens (including phenoxy) is 1. The molecule has 1 atom stereocenters. The normalized spacial score (nSPS) is 20.7. The summed E-state index contributed by atoms with van der Waals surface area (Å²) >= 11 is 0. The van der Waals surface area contributed by atoms with Gasteiger partial charge in [0, 0.05) is 26.1 Å². The van der Waals surface area contributed by atoms with E-state index in [2.05, 4.69) is 12.2 Å². The summed E-state index contributed by atoms with van der Waals surface area (Å²) in [5, 5.41) is 2.71. The molecule has 2 aliphatic heterocycles. The fourth-order valence-corrected chi connectivity index (χ4v) is 3.56. The molecule has 0 bridgehead atoms. The van der Waals surface area contributed by atoms with Gasteiger partial charge >= 0.3 is 6.03 Å². The average Bonchev–Trinajstić information content (AvgIpc) is 2.66. The van der Waals surface area contributed by atoms with Gasteiger partial charge in [0.25, 0.3) is 0 Å². The lowest BCUT2D eigenvalue weighted by Crippen LogP contribution is -2.52. The van der Waals surface area contributed by atoms with Crippen LogP contribution in [0.15, 0.2) is 18.2 Å². The van der Waals surface area contributed by atoms with Crippen LogP contribution in [-0.2, 0) is 4.79 Å². The lowest BCUT2D eigenvalue weighted by atomic mass is 9.96. The van der Waals surface area contributed by atoms with E-state index in [4.69, 9.17) is 4.74 Å². The minimum Gasteiger partial charge on any atom is -0.486 e. The molecular weight excluding hydrogens is 318 g/mol. The monoisotopic (exact) mass is 345 g/mol. The third kappa shape index (κ3) is 3.57. The Bertz CT molecular complexity index is 653. The smallest absolute Gasteiger partial charge is 0.324 e. The summed E-state index contributed by atoms with van der Waals surface area (Å²) < 4.78 is 6.00. The molecule has 1 fully saturated rings. The van der Waals surface area contributed by atoms with Gasteiger partial charge in [-0.1, -0.05) is 13.0 Å². The van der Waals surface area contributed by atoms with E-state index >= 15 is 0 Å². The Labute approximate surface area is 149 Å². The molecule has 1 saturated heterocycles. The number of piperidine rings is 1. The van der Waals surface area contributed by atoms with Gasteiger partial charge in [-0.05, 0) is 43.9 Å². The largest absolute Gasteiger partial charge is 0.486 e. The van der Waals surface area contributed by atoms with Crippen molar-refractivity contribution < 1.29 is 14.3 Å². The predicted octanol–water partition coefficient (Wildman–Crippen LogP) is 2.55. The molecule has 0 spiro atoms. The first-order chi connectivity index (χ1) is 12.0. The molecule has 6 nitrogen and oxygen atoms in total. The number of carbonyl (C=O) groups is 2. The number of anilines is 1. The Hall–Kier alpha value is -2.24. The number of nitrogens with zero attached hydrogens (tertiary/aromatic N) is 2. The molecule has 0 unspecified atom stereocenters. The van der Waals surface area contributed by atoms with Crippen LogP contribution in [0.5, 0.6) is 5.75 Å². The molecule has 1 aromatic rings. The number of aryl methyl sites for hydroxylation is 1. The number of hydrogen-bond donors (Lipinski definition) is 1. The number of rotatable bonds is 2. The summed E-state index contributed by atoms with van der Waals surface area (Å²) in [5.74, 6) is 0.861. The van der Waals surface area contributed by atoms with E-state index in [1.165, 1.54) is 0 Å². The molecule has 6 heteroatoms. The highest BCUT2D eigenvalue weighted by atomic mass is 16.5. The maximum atomic E-state index is 13.1. The van der Waals surface area contributed by atoms with Crippen LogP contribution in [0.4, 0.5) is 10.5 Å². The van der Waals surface area contributed by atoms with Crippen molar-refractivity contribution >= 4 is 17.6 Å². The molecule has 2 heterocycles. The van der Waals surface area contributed by atoms with Gasteiger partial charge in [-0.25, -0.2) is 4.79 Å². The molecule has 1 aromatic carbocycles. The van der Waals surface area contributed by atoms with Crippen LogP contribution in [0.1, 0.15) is 31.7 Å². The Morgan fingerprint density at radius 3 is 2.64 bits per heavy atom. The summed E-state index contributed by atoms with van der Waals surface area (Å²) in [6.45, 7) is 5.89. The second-order valence-corrected chi connectivity index (χ2v) is 6.89. The van der Waals surface area contributed by atoms with Crippen LogP contribution < -0.4 is 15.0 Å². The molecule has 3 rings (SSSR count). The summed E-state index contributed by atoms with van der Waals surface area (Å²) in [5.41, 5.74) is 1.96. The Morgan fingerprint density at radius 2 is 2.00 bits per heavy atom. The fourth-order valence-electron chi connectivity index (χ4n) is 3.56. The van der Waals surface area contributed by atoms with Crippen LogP contribution in [0, 0.1) is 12.8 Å². The molecule has 0 radical (unpaired) electrons. The Balaban J connectivity index is 1.76. The lowest BCUT2D eigenvalue weighted by molar-refractivity contribution is -0.125. The number of amides is 3. The Morgan fingerprint density at radius 1 is 1.28 bits per heavy atom. The van der Waals surface area contributed by atoms with Crippen LogP contribution in [-0.4, -0.2) is 49.6 Å². The third-order valence-corrected chi connectivity index (χ3v) is 5.15. The summed E-state index contributed by atoms with van der Waals surface area (Å²) in [7, 11) is 1.66. The molecule has 1 N–H and O–H groups in total. The molecule has 25 heavy (non-hydrogen) atoms. The lowest BCUT2D eigenvalue weighted by Gasteiger charge is -2.39. The quantitative estimate of drug-likeness (QED) is 0.896. The number of benzene rings is 1. The number of likely N-dealkylation sites (tertiary alicyclic amines) is 1. The first-order valence-corrected chi connectivity index (χ1v) is 9.08. The third-order valence-electron chi connectivity index (χ3n) is 5.15. The summed E-state index contributed by atoms with van der Waals surface area (Å²) in [6, 6.07) is 5.99. The van der Waals surface area contributed by atoms with Gasteiger partial charge in [-0.2, -0.15) is 0 Å². The molecular formula is C19H27N3O3. The first kappa shape index (κ1) is 17.6. The molecule has 0 aromatic heterocycles. The van der Waals surface area contributed by atoms with Gasteiger partial charge in [0.15, 0.2) is 0 Å². The van der Waals surface area contributed by atoms with E-state index in [0.29, 0.717) is 32.5 Å². The predicted molar refractivity (Wildman–Crippen MR) is 97.0 cm³/mol. The minimum atomic E-state index is 0.0108. The Kier molecular flexibility index (Phi) is 5.16. The van der Waals surface area contributed by atoms with Crippen molar-refractivity contribution in [1.29, 1.82) is 0 Å². The van der Waals surface area contributed by atoms with Crippen molar-refractivity contribution in [1.82, 2.24) is 10.2 Å². The number of nitrogens with one attached hydrogen (secondary N) is 1. The van der Waals surface area contributed by atoms with Crippen molar-refractivity contribution in [3.63, 3.8) is 0 Å². The van der Waals surface area contributed by atoms with Gasteiger partial charge in [-0.15, -0.1) is 0 Å². The standard InChI is InChI=1S/C19H27N3O3/c1-4-15-12-22(16-11-13(2)5-6-17(16)25-15)19(24)21-9-7-14(8-10-21)18(23)20-3/h5-6,11,14-15H,4,7-10,12H2,1-3H3,(H,20,23)/t15-/m1/s1. The SMILES string of the molecule is CC[C@@H]1CN(C(=O)N2CCC(C(=O)NC)CC2)c2cc(C)ccc2O1. The van der Waals surface area contributed by atoms with Crippen LogP contribution >= 0.6 is 0 Å². The number of carbonyl (C=O) groups excluding carboxylic acids is 2. The van der Waals surface area contributed by atoms with Crippen LogP contribution in [0.3, 0.4) is 0 Å². The van der Waals surface area contributed by atoms with Crippen molar-refractivity contribution in [3.8, 4) is 5.75 Å². The van der Waals surface area contributed by atoms with Crippen LogP contribution in [0.25, 0.3) is 0 Å². The first-order valence-electron chi connectivity index (χ1n) is 9.08. The number of hydrogen-bond acceptors (Lipinski definition) is 3. The van der Waals surface area contributed by atoms with E-state index < -0.39 is 0 Å². The minimum absolute atomic E-state index is 0.0108. The van der Waals surface area contributed by atoms with E-state index in [1.54, 1.807) is 7.05 Å². The highest BCUT2D eigenvalue weighted by molar-refractivity contribution is 5.94. The summed E-state index contributed by atoms with van der Waals surface area (Å²) in [4.78, 5) is 28.6. The maximum absolute atomic E-state index is 13.1. The molecule has 2 aliphatic rings.